The smallest absolute Gasteiger partial charge is 0.333 e. The molecule has 6 nitrogen and oxygen atoms in total. The summed E-state index contributed by atoms with van der Waals surface area (Å²) in [5.74, 6) is -0.833. The Morgan fingerprint density at radius 3 is 2.68 bits per heavy atom. The minimum atomic E-state index is -4.52. The topological polar surface area (TPSA) is 87.6 Å². The number of thioether (sulfide) groups is 1. The Morgan fingerprint density at radius 2 is 1.96 bits per heavy atom. The number of hydrogen-bond donors (Lipinski definition) is 2. The van der Waals surface area contributed by atoms with Crippen LogP contribution in [0.2, 0.25) is 0 Å². The predicted molar refractivity (Wildman–Crippen MR) is 102 cm³/mol. The van der Waals surface area contributed by atoms with E-state index in [1.165, 1.54) is 18.2 Å². The number of sulfonamides is 1. The van der Waals surface area contributed by atoms with Crippen LogP contribution in [0.15, 0.2) is 51.8 Å². The fourth-order valence-electron chi connectivity index (χ4n) is 2.43. The zero-order chi connectivity index (χ0) is 20.5. The van der Waals surface area contributed by atoms with Gasteiger partial charge >= 0.3 is 6.18 Å². The van der Waals surface area contributed by atoms with E-state index in [-0.39, 0.29) is 21.5 Å². The maximum absolute atomic E-state index is 12.7. The van der Waals surface area contributed by atoms with Crippen LogP contribution in [0.4, 0.5) is 24.5 Å². The van der Waals surface area contributed by atoms with Gasteiger partial charge in [-0.05, 0) is 42.8 Å². The molecule has 0 saturated carbocycles. The van der Waals surface area contributed by atoms with Crippen molar-refractivity contribution in [1.82, 2.24) is 0 Å². The molecule has 0 atom stereocenters. The van der Waals surface area contributed by atoms with Crippen LogP contribution in [-0.2, 0) is 21.0 Å². The van der Waals surface area contributed by atoms with Crippen molar-refractivity contribution in [3.05, 3.63) is 53.6 Å². The molecule has 11 heteroatoms. The molecule has 1 heterocycles. The predicted octanol–water partition coefficient (Wildman–Crippen LogP) is 3.86. The highest BCUT2D eigenvalue weighted by Crippen LogP contribution is 2.31. The summed E-state index contributed by atoms with van der Waals surface area (Å²) >= 11 is 0.832. The average molecular weight is 429 g/mol. The molecule has 0 unspecified atom stereocenters. The minimum Gasteiger partial charge on any atom is -0.333 e. The van der Waals surface area contributed by atoms with Gasteiger partial charge in [0.1, 0.15) is 4.90 Å². The van der Waals surface area contributed by atoms with Crippen LogP contribution in [0.1, 0.15) is 11.1 Å². The molecule has 2 N–H and O–H groups in total. The van der Waals surface area contributed by atoms with Gasteiger partial charge in [-0.15, -0.1) is 4.40 Å². The molecule has 3 rings (SSSR count). The largest absolute Gasteiger partial charge is 0.416 e. The molecule has 2 aromatic carbocycles. The van der Waals surface area contributed by atoms with Gasteiger partial charge < -0.3 is 10.6 Å². The molecule has 0 bridgehead atoms. The first kappa shape index (κ1) is 20.2. The van der Waals surface area contributed by atoms with Gasteiger partial charge in [-0.3, -0.25) is 4.79 Å². The van der Waals surface area contributed by atoms with Crippen molar-refractivity contribution in [2.24, 2.45) is 4.40 Å². The van der Waals surface area contributed by atoms with Gasteiger partial charge in [0, 0.05) is 5.69 Å². The maximum Gasteiger partial charge on any atom is 0.416 e. The van der Waals surface area contributed by atoms with Crippen LogP contribution in [-0.4, -0.2) is 25.2 Å². The first-order valence-corrected chi connectivity index (χ1v) is 10.3. The summed E-state index contributed by atoms with van der Waals surface area (Å²) in [6.07, 6.45) is -4.52. The SMILES string of the molecule is Cc1ccc2c(c1)NC(SCC(=O)Nc1cccc(C(F)(F)F)c1)=NS2(=O)=O. The molecule has 1 aliphatic heterocycles. The number of carbonyl (C=O) groups excluding carboxylic acids is 1. The van der Waals surface area contributed by atoms with Crippen molar-refractivity contribution in [1.29, 1.82) is 0 Å². The lowest BCUT2D eigenvalue weighted by molar-refractivity contribution is -0.137. The average Bonchev–Trinajstić information content (AvgIpc) is 2.58. The molecule has 1 amide bonds. The number of fused-ring (bicyclic) bond motifs is 1. The number of aryl methyl sites for hydroxylation is 1. The second-order valence-electron chi connectivity index (χ2n) is 5.91. The number of amides is 1. The number of alkyl halides is 3. The Kier molecular flexibility index (Phi) is 5.39. The highest BCUT2D eigenvalue weighted by atomic mass is 32.2. The van der Waals surface area contributed by atoms with E-state index >= 15 is 0 Å². The monoisotopic (exact) mass is 429 g/mol. The Hall–Kier alpha value is -2.53. The highest BCUT2D eigenvalue weighted by molar-refractivity contribution is 8.15. The number of carbonyl (C=O) groups is 1. The third kappa shape index (κ3) is 4.65. The number of anilines is 2. The lowest BCUT2D eigenvalue weighted by Crippen LogP contribution is -2.22. The molecular weight excluding hydrogens is 415 g/mol. The van der Waals surface area contributed by atoms with Gasteiger partial charge in [0.25, 0.3) is 10.0 Å². The van der Waals surface area contributed by atoms with Gasteiger partial charge in [-0.2, -0.15) is 21.6 Å². The fourth-order valence-corrected chi connectivity index (χ4v) is 4.45. The summed E-state index contributed by atoms with van der Waals surface area (Å²) in [5, 5.41) is 5.21. The summed E-state index contributed by atoms with van der Waals surface area (Å²) in [6.45, 7) is 1.80. The molecule has 0 spiro atoms. The van der Waals surface area contributed by atoms with Crippen LogP contribution in [0.5, 0.6) is 0 Å². The van der Waals surface area contributed by atoms with Gasteiger partial charge in [-0.25, -0.2) is 0 Å². The van der Waals surface area contributed by atoms with Crippen LogP contribution < -0.4 is 10.6 Å². The van der Waals surface area contributed by atoms with Crippen molar-refractivity contribution in [2.45, 2.75) is 18.0 Å². The summed E-state index contributed by atoms with van der Waals surface area (Å²) in [7, 11) is -3.89. The maximum atomic E-state index is 12.7. The molecule has 0 saturated heterocycles. The lowest BCUT2D eigenvalue weighted by atomic mass is 10.2. The highest BCUT2D eigenvalue weighted by Gasteiger charge is 2.30. The van der Waals surface area contributed by atoms with Crippen molar-refractivity contribution in [3.63, 3.8) is 0 Å². The summed E-state index contributed by atoms with van der Waals surface area (Å²) in [5.41, 5.74) is 0.313. The van der Waals surface area contributed by atoms with Gasteiger partial charge in [-0.1, -0.05) is 23.9 Å². The number of benzene rings is 2. The van der Waals surface area contributed by atoms with Crippen molar-refractivity contribution in [3.8, 4) is 0 Å². The van der Waals surface area contributed by atoms with E-state index in [9.17, 15) is 26.4 Å². The summed E-state index contributed by atoms with van der Waals surface area (Å²) < 4.78 is 66.2. The van der Waals surface area contributed by atoms with Crippen LogP contribution >= 0.6 is 11.8 Å². The Labute approximate surface area is 163 Å². The molecule has 2 aromatic rings. The third-order valence-corrected chi connectivity index (χ3v) is 5.99. The normalized spacial score (nSPS) is 15.2. The first-order chi connectivity index (χ1) is 13.0. The number of nitrogens with zero attached hydrogens (tertiary/aromatic N) is 1. The van der Waals surface area contributed by atoms with Crippen LogP contribution in [0.25, 0.3) is 0 Å². The standard InChI is InChI=1S/C17H14F3N3O3S2/c1-10-5-6-14-13(7-10)22-16(23-28(14,25)26)27-9-15(24)21-12-4-2-3-11(8-12)17(18,19)20/h2-8H,9H2,1H3,(H,21,24)(H,22,23). The summed E-state index contributed by atoms with van der Waals surface area (Å²) in [6, 6.07) is 8.97. The number of nitrogens with one attached hydrogen (secondary N) is 2. The second kappa shape index (κ2) is 7.47. The van der Waals surface area contributed by atoms with Crippen molar-refractivity contribution < 1.29 is 26.4 Å². The molecule has 148 valence electrons. The Morgan fingerprint density at radius 1 is 1.21 bits per heavy atom. The third-order valence-electron chi connectivity index (χ3n) is 3.67. The van der Waals surface area contributed by atoms with E-state index in [1.807, 2.05) is 0 Å². The molecular formula is C17H14F3N3O3S2. The quantitative estimate of drug-likeness (QED) is 0.774. The van der Waals surface area contributed by atoms with Crippen molar-refractivity contribution >= 4 is 44.2 Å². The van der Waals surface area contributed by atoms with E-state index < -0.39 is 27.7 Å². The molecule has 28 heavy (non-hydrogen) atoms. The summed E-state index contributed by atoms with van der Waals surface area (Å²) in [4.78, 5) is 12.1. The lowest BCUT2D eigenvalue weighted by Gasteiger charge is -2.18. The van der Waals surface area contributed by atoms with E-state index in [4.69, 9.17) is 0 Å². The van der Waals surface area contributed by atoms with E-state index in [2.05, 4.69) is 15.0 Å². The molecule has 0 aromatic heterocycles. The number of rotatable bonds is 3. The fraction of sp³-hybridized carbons (Fsp3) is 0.176. The van der Waals surface area contributed by atoms with Crippen LogP contribution in [0, 0.1) is 6.92 Å². The number of amidine groups is 1. The minimum absolute atomic E-state index is 0.00689. The van der Waals surface area contributed by atoms with Gasteiger partial charge in [0.2, 0.25) is 5.91 Å². The van der Waals surface area contributed by atoms with E-state index in [0.29, 0.717) is 5.69 Å². The Bertz CT molecular complexity index is 1070. The molecule has 1 aliphatic rings. The van der Waals surface area contributed by atoms with Gasteiger partial charge in [0.15, 0.2) is 5.17 Å². The molecule has 0 radical (unpaired) electrons. The number of halogens is 3. The molecule has 0 fully saturated rings. The van der Waals surface area contributed by atoms with Gasteiger partial charge in [0.05, 0.1) is 17.0 Å². The zero-order valence-corrected chi connectivity index (χ0v) is 16.0. The van der Waals surface area contributed by atoms with E-state index in [0.717, 1.165) is 29.5 Å². The van der Waals surface area contributed by atoms with Crippen molar-refractivity contribution in [2.75, 3.05) is 16.4 Å². The second-order valence-corrected chi connectivity index (χ2v) is 8.45. The Balaban J connectivity index is 1.66. The van der Waals surface area contributed by atoms with E-state index in [1.54, 1.807) is 19.1 Å². The first-order valence-electron chi connectivity index (χ1n) is 7.87. The zero-order valence-electron chi connectivity index (χ0n) is 14.4. The number of hydrogen-bond acceptors (Lipinski definition) is 5. The van der Waals surface area contributed by atoms with Crippen LogP contribution in [0.3, 0.4) is 0 Å². The molecule has 0 aliphatic carbocycles.